The largest absolute Gasteiger partial charge is 0.496 e. The number of primary amides is 1. The van der Waals surface area contributed by atoms with Crippen molar-refractivity contribution in [3.8, 4) is 5.75 Å². The first kappa shape index (κ1) is 14.9. The van der Waals surface area contributed by atoms with Gasteiger partial charge in [0.15, 0.2) is 0 Å². The van der Waals surface area contributed by atoms with E-state index in [0.29, 0.717) is 22.9 Å². The van der Waals surface area contributed by atoms with Crippen molar-refractivity contribution in [3.05, 3.63) is 22.7 Å². The van der Waals surface area contributed by atoms with Crippen molar-refractivity contribution in [1.29, 1.82) is 0 Å². The predicted molar refractivity (Wildman–Crippen MR) is 80.4 cm³/mol. The number of carbonyl (C=O) groups excluding carboxylic acids is 1. The van der Waals surface area contributed by atoms with Gasteiger partial charge in [-0.1, -0.05) is 11.6 Å². The van der Waals surface area contributed by atoms with Gasteiger partial charge in [-0.2, -0.15) is 0 Å². The summed E-state index contributed by atoms with van der Waals surface area (Å²) in [6.45, 7) is 0. The number of nitrogens with one attached hydrogen (secondary N) is 1. The molecule has 5 N–H and O–H groups in total. The molecule has 110 valence electrons. The van der Waals surface area contributed by atoms with Crippen molar-refractivity contribution in [3.63, 3.8) is 0 Å². The third kappa shape index (κ3) is 3.35. The van der Waals surface area contributed by atoms with Crippen molar-refractivity contribution >= 4 is 23.2 Å². The molecule has 1 aromatic rings. The summed E-state index contributed by atoms with van der Waals surface area (Å²) >= 11 is 6.20. The van der Waals surface area contributed by atoms with Gasteiger partial charge in [-0.3, -0.25) is 4.79 Å². The lowest BCUT2D eigenvalue weighted by Crippen LogP contribution is -2.32. The summed E-state index contributed by atoms with van der Waals surface area (Å²) < 4.78 is 5.19. The number of amides is 1. The molecule has 2 rings (SSSR count). The van der Waals surface area contributed by atoms with E-state index < -0.39 is 5.91 Å². The number of rotatable bonds is 4. The van der Waals surface area contributed by atoms with E-state index in [1.165, 1.54) is 7.11 Å². The van der Waals surface area contributed by atoms with Crippen LogP contribution >= 0.6 is 11.6 Å². The standard InChI is InChI=1S/C14H20ClN3O2/c1-20-13-7-12(11(15)6-10(13)14(17)19)18-9-4-2-8(16)3-5-9/h6-9,18H,2-5,16H2,1H3,(H2,17,19)/t8-,9-. The zero-order valence-corrected chi connectivity index (χ0v) is 12.2. The molecule has 0 saturated heterocycles. The molecule has 6 heteroatoms. The smallest absolute Gasteiger partial charge is 0.252 e. The normalized spacial score (nSPS) is 22.4. The van der Waals surface area contributed by atoms with Crippen LogP contribution in [0.2, 0.25) is 5.02 Å². The van der Waals surface area contributed by atoms with Gasteiger partial charge in [0, 0.05) is 18.2 Å². The Bertz CT molecular complexity index is 499. The first-order valence-corrected chi connectivity index (χ1v) is 7.08. The number of hydrogen-bond acceptors (Lipinski definition) is 4. The van der Waals surface area contributed by atoms with E-state index in [1.807, 2.05) is 0 Å². The molecule has 0 unspecified atom stereocenters. The lowest BCUT2D eigenvalue weighted by atomic mass is 9.91. The molecule has 0 aliphatic heterocycles. The Balaban J connectivity index is 2.17. The maximum absolute atomic E-state index is 11.3. The number of nitrogens with two attached hydrogens (primary N) is 2. The minimum atomic E-state index is -0.557. The van der Waals surface area contributed by atoms with Crippen LogP contribution in [0.4, 0.5) is 5.69 Å². The SMILES string of the molecule is COc1cc(N[C@H]2CC[C@H](N)CC2)c(Cl)cc1C(N)=O. The topological polar surface area (TPSA) is 90.4 Å². The van der Waals surface area contributed by atoms with E-state index in [0.717, 1.165) is 31.4 Å². The van der Waals surface area contributed by atoms with Crippen LogP contribution in [0.5, 0.6) is 5.75 Å². The van der Waals surface area contributed by atoms with E-state index in [2.05, 4.69) is 5.32 Å². The summed E-state index contributed by atoms with van der Waals surface area (Å²) in [4.78, 5) is 11.3. The zero-order valence-electron chi connectivity index (χ0n) is 11.5. The van der Waals surface area contributed by atoms with Crippen LogP contribution in [0.3, 0.4) is 0 Å². The van der Waals surface area contributed by atoms with Crippen molar-refractivity contribution in [1.82, 2.24) is 0 Å². The first-order valence-electron chi connectivity index (χ1n) is 6.70. The molecule has 1 fully saturated rings. The summed E-state index contributed by atoms with van der Waals surface area (Å²) in [7, 11) is 1.50. The summed E-state index contributed by atoms with van der Waals surface area (Å²) in [6.07, 6.45) is 4.03. The van der Waals surface area contributed by atoms with Gasteiger partial charge in [0.2, 0.25) is 0 Å². The first-order chi connectivity index (χ1) is 9.51. The molecular formula is C14H20ClN3O2. The van der Waals surface area contributed by atoms with Crippen molar-refractivity contribution in [2.75, 3.05) is 12.4 Å². The van der Waals surface area contributed by atoms with Gasteiger partial charge in [-0.05, 0) is 31.7 Å². The zero-order chi connectivity index (χ0) is 14.7. The van der Waals surface area contributed by atoms with Crippen LogP contribution in [0.25, 0.3) is 0 Å². The van der Waals surface area contributed by atoms with Crippen molar-refractivity contribution in [2.45, 2.75) is 37.8 Å². The molecule has 0 aromatic heterocycles. The molecule has 1 aliphatic rings. The molecule has 0 radical (unpaired) electrons. The van der Waals surface area contributed by atoms with Crippen LogP contribution in [0, 0.1) is 0 Å². The van der Waals surface area contributed by atoms with E-state index in [-0.39, 0.29) is 5.56 Å². The van der Waals surface area contributed by atoms with Gasteiger partial charge in [-0.15, -0.1) is 0 Å². The van der Waals surface area contributed by atoms with Crippen molar-refractivity contribution in [2.24, 2.45) is 11.5 Å². The molecule has 1 aromatic carbocycles. The highest BCUT2D eigenvalue weighted by atomic mass is 35.5. The highest BCUT2D eigenvalue weighted by Crippen LogP contribution is 2.32. The van der Waals surface area contributed by atoms with Gasteiger partial charge in [0.25, 0.3) is 5.91 Å². The molecule has 20 heavy (non-hydrogen) atoms. The average Bonchev–Trinajstić information content (AvgIpc) is 2.42. The molecule has 0 spiro atoms. The number of halogens is 1. The minimum Gasteiger partial charge on any atom is -0.496 e. The highest BCUT2D eigenvalue weighted by Gasteiger charge is 2.20. The molecule has 0 bridgehead atoms. The highest BCUT2D eigenvalue weighted by molar-refractivity contribution is 6.33. The fraction of sp³-hybridized carbons (Fsp3) is 0.500. The average molecular weight is 298 g/mol. The molecule has 5 nitrogen and oxygen atoms in total. The maximum Gasteiger partial charge on any atom is 0.252 e. The molecule has 1 saturated carbocycles. The minimum absolute atomic E-state index is 0.286. The number of anilines is 1. The Hall–Kier alpha value is -1.46. The van der Waals surface area contributed by atoms with E-state index in [4.69, 9.17) is 27.8 Å². The second kappa shape index (κ2) is 6.33. The van der Waals surface area contributed by atoms with Gasteiger partial charge in [-0.25, -0.2) is 0 Å². The quantitative estimate of drug-likeness (QED) is 0.794. The third-order valence-corrected chi connectivity index (χ3v) is 4.00. The van der Waals surface area contributed by atoms with E-state index in [1.54, 1.807) is 12.1 Å². The summed E-state index contributed by atoms with van der Waals surface area (Å²) in [5.41, 5.74) is 12.2. The van der Waals surface area contributed by atoms with Crippen LogP contribution in [-0.2, 0) is 0 Å². The number of methoxy groups -OCH3 is 1. The second-order valence-electron chi connectivity index (χ2n) is 5.15. The number of benzene rings is 1. The molecule has 1 amide bonds. The van der Waals surface area contributed by atoms with Gasteiger partial charge < -0.3 is 21.5 Å². The monoisotopic (exact) mass is 297 g/mol. The number of ether oxygens (including phenoxy) is 1. The Morgan fingerprint density at radius 1 is 1.35 bits per heavy atom. The van der Waals surface area contributed by atoms with Gasteiger partial charge in [0.05, 0.1) is 23.4 Å². The summed E-state index contributed by atoms with van der Waals surface area (Å²) in [6, 6.07) is 3.91. The van der Waals surface area contributed by atoms with E-state index >= 15 is 0 Å². The number of carbonyl (C=O) groups is 1. The van der Waals surface area contributed by atoms with Crippen LogP contribution in [0.1, 0.15) is 36.0 Å². The lowest BCUT2D eigenvalue weighted by Gasteiger charge is -2.28. The molecule has 1 aliphatic carbocycles. The Kier molecular flexibility index (Phi) is 4.73. The number of hydrogen-bond donors (Lipinski definition) is 3. The van der Waals surface area contributed by atoms with Gasteiger partial charge >= 0.3 is 0 Å². The molecule has 0 atom stereocenters. The van der Waals surface area contributed by atoms with Gasteiger partial charge in [0.1, 0.15) is 5.75 Å². The maximum atomic E-state index is 11.3. The van der Waals surface area contributed by atoms with E-state index in [9.17, 15) is 4.79 Å². The predicted octanol–water partition coefficient (Wildman–Crippen LogP) is 2.13. The van der Waals surface area contributed by atoms with Crippen LogP contribution < -0.4 is 21.5 Å². The third-order valence-electron chi connectivity index (χ3n) is 3.69. The fourth-order valence-corrected chi connectivity index (χ4v) is 2.73. The Labute approximate surface area is 123 Å². The molecule has 0 heterocycles. The Morgan fingerprint density at radius 3 is 2.55 bits per heavy atom. The van der Waals surface area contributed by atoms with Crippen molar-refractivity contribution < 1.29 is 9.53 Å². The van der Waals surface area contributed by atoms with Crippen LogP contribution in [0.15, 0.2) is 12.1 Å². The second-order valence-corrected chi connectivity index (χ2v) is 5.56. The lowest BCUT2D eigenvalue weighted by molar-refractivity contribution is 0.0997. The van der Waals surface area contributed by atoms with Crippen LogP contribution in [-0.4, -0.2) is 25.1 Å². The summed E-state index contributed by atoms with van der Waals surface area (Å²) in [5, 5.41) is 3.86. The molecular weight excluding hydrogens is 278 g/mol. The Morgan fingerprint density at radius 2 is 2.00 bits per heavy atom. The summed E-state index contributed by atoms with van der Waals surface area (Å²) in [5.74, 6) is -0.129. The fourth-order valence-electron chi connectivity index (χ4n) is 2.51.